The molecule has 5 heteroatoms. The average molecular weight is 259 g/mol. The van der Waals surface area contributed by atoms with Crippen LogP contribution >= 0.6 is 22.6 Å². The number of nitro groups is 1. The minimum atomic E-state index is -0.446. The molecule has 2 radical (unpaired) electrons. The van der Waals surface area contributed by atoms with Gasteiger partial charge in [-0.3, -0.25) is 10.1 Å². The molecular formula is C6H3BINO2. The van der Waals surface area contributed by atoms with E-state index in [1.807, 2.05) is 22.6 Å². The van der Waals surface area contributed by atoms with Gasteiger partial charge in [-0.25, -0.2) is 0 Å². The molecule has 3 nitrogen and oxygen atoms in total. The van der Waals surface area contributed by atoms with Crippen LogP contribution in [0.15, 0.2) is 18.2 Å². The summed E-state index contributed by atoms with van der Waals surface area (Å²) in [5, 5.41) is 10.3. The quantitative estimate of drug-likeness (QED) is 0.326. The van der Waals surface area contributed by atoms with Gasteiger partial charge in [0, 0.05) is 6.07 Å². The predicted molar refractivity (Wildman–Crippen MR) is 51.2 cm³/mol. The molecule has 1 rings (SSSR count). The Morgan fingerprint density at radius 3 is 2.64 bits per heavy atom. The van der Waals surface area contributed by atoms with Crippen LogP contribution in [-0.2, 0) is 0 Å². The maximum atomic E-state index is 10.3. The number of nitrogens with zero attached hydrogens (tertiary/aromatic N) is 1. The van der Waals surface area contributed by atoms with Gasteiger partial charge in [0.25, 0.3) is 5.69 Å². The summed E-state index contributed by atoms with van der Waals surface area (Å²) >= 11 is 1.85. The third kappa shape index (κ3) is 1.71. The van der Waals surface area contributed by atoms with Crippen LogP contribution in [0, 0.1) is 13.7 Å². The van der Waals surface area contributed by atoms with Crippen molar-refractivity contribution in [2.45, 2.75) is 0 Å². The molecule has 0 N–H and O–H groups in total. The highest BCUT2D eigenvalue weighted by atomic mass is 127. The van der Waals surface area contributed by atoms with Gasteiger partial charge in [0.15, 0.2) is 0 Å². The van der Waals surface area contributed by atoms with E-state index in [0.717, 1.165) is 0 Å². The largest absolute Gasteiger partial charge is 0.282 e. The molecule has 0 fully saturated rings. The van der Waals surface area contributed by atoms with Gasteiger partial charge in [-0.2, -0.15) is 0 Å². The zero-order chi connectivity index (χ0) is 8.43. The highest BCUT2D eigenvalue weighted by Gasteiger charge is 2.10. The Morgan fingerprint density at radius 2 is 2.18 bits per heavy atom. The Bertz CT molecular complexity index is 303. The topological polar surface area (TPSA) is 43.1 Å². The van der Waals surface area contributed by atoms with Gasteiger partial charge in [0.2, 0.25) is 0 Å². The predicted octanol–water partition coefficient (Wildman–Crippen LogP) is 0.993. The van der Waals surface area contributed by atoms with E-state index < -0.39 is 4.92 Å². The smallest absolute Gasteiger partial charge is 0.258 e. The fourth-order valence-electron chi connectivity index (χ4n) is 0.678. The summed E-state index contributed by atoms with van der Waals surface area (Å²) in [6.07, 6.45) is 0. The third-order valence-corrected chi connectivity index (χ3v) is 2.38. The van der Waals surface area contributed by atoms with Crippen LogP contribution in [-0.4, -0.2) is 12.8 Å². The number of rotatable bonds is 1. The summed E-state index contributed by atoms with van der Waals surface area (Å²) in [5.74, 6) is 0. The SMILES string of the molecule is [B]c1cccc([N+](=O)[O-])c1I. The van der Waals surface area contributed by atoms with Crippen molar-refractivity contribution in [3.8, 4) is 0 Å². The van der Waals surface area contributed by atoms with E-state index >= 15 is 0 Å². The third-order valence-electron chi connectivity index (χ3n) is 1.20. The molecule has 0 aromatic heterocycles. The number of hydrogen-bond acceptors (Lipinski definition) is 2. The van der Waals surface area contributed by atoms with Gasteiger partial charge in [0.1, 0.15) is 7.85 Å². The second kappa shape index (κ2) is 3.21. The molecule has 0 saturated carbocycles. The highest BCUT2D eigenvalue weighted by Crippen LogP contribution is 2.16. The zero-order valence-electron chi connectivity index (χ0n) is 5.45. The lowest BCUT2D eigenvalue weighted by molar-refractivity contribution is -0.385. The van der Waals surface area contributed by atoms with Crippen molar-refractivity contribution in [3.05, 3.63) is 31.9 Å². The van der Waals surface area contributed by atoms with E-state index in [1.165, 1.54) is 6.07 Å². The Hall–Kier alpha value is -0.585. The Balaban J connectivity index is 3.27. The first-order valence-corrected chi connectivity index (χ1v) is 3.89. The maximum absolute atomic E-state index is 10.3. The minimum absolute atomic E-state index is 0.0607. The lowest BCUT2D eigenvalue weighted by atomic mass is 9.96. The summed E-state index contributed by atoms with van der Waals surface area (Å²) in [4.78, 5) is 9.87. The molecule has 11 heavy (non-hydrogen) atoms. The lowest BCUT2D eigenvalue weighted by Gasteiger charge is -1.97. The van der Waals surface area contributed by atoms with E-state index in [9.17, 15) is 10.1 Å². The van der Waals surface area contributed by atoms with E-state index in [1.54, 1.807) is 12.1 Å². The van der Waals surface area contributed by atoms with Crippen molar-refractivity contribution < 1.29 is 4.92 Å². The number of hydrogen-bond donors (Lipinski definition) is 0. The van der Waals surface area contributed by atoms with Crippen LogP contribution in [0.3, 0.4) is 0 Å². The van der Waals surface area contributed by atoms with E-state index in [4.69, 9.17) is 7.85 Å². The molecule has 0 aliphatic heterocycles. The Morgan fingerprint density at radius 1 is 1.55 bits per heavy atom. The first-order chi connectivity index (χ1) is 5.13. The van der Waals surface area contributed by atoms with Gasteiger partial charge in [-0.1, -0.05) is 17.6 Å². The monoisotopic (exact) mass is 259 g/mol. The molecule has 1 aromatic carbocycles. The standard InChI is InChI=1S/C6H3BINO2/c7-4-2-1-3-5(6(4)8)9(10)11/h1-3H. The highest BCUT2D eigenvalue weighted by molar-refractivity contribution is 14.1. The average Bonchev–Trinajstić information content (AvgIpc) is 1.94. The van der Waals surface area contributed by atoms with Crippen LogP contribution in [0.25, 0.3) is 0 Å². The molecule has 0 spiro atoms. The fourth-order valence-corrected chi connectivity index (χ4v) is 1.23. The summed E-state index contributed by atoms with van der Waals surface area (Å²) in [5.41, 5.74) is 0.505. The second-order valence-corrected chi connectivity index (χ2v) is 3.02. The molecule has 0 amide bonds. The molecule has 0 unspecified atom stereocenters. The second-order valence-electron chi connectivity index (χ2n) is 1.94. The van der Waals surface area contributed by atoms with Crippen molar-refractivity contribution >= 4 is 41.6 Å². The molecule has 0 saturated heterocycles. The fraction of sp³-hybridized carbons (Fsp3) is 0. The van der Waals surface area contributed by atoms with E-state index in [2.05, 4.69) is 0 Å². The van der Waals surface area contributed by atoms with Gasteiger partial charge >= 0.3 is 0 Å². The number of benzene rings is 1. The van der Waals surface area contributed by atoms with Crippen molar-refractivity contribution in [1.82, 2.24) is 0 Å². The summed E-state index contributed by atoms with van der Waals surface area (Å²) < 4.78 is 0.495. The number of halogens is 1. The summed E-state index contributed by atoms with van der Waals surface area (Å²) in [6, 6.07) is 4.63. The molecule has 0 bridgehead atoms. The molecule has 1 aromatic rings. The van der Waals surface area contributed by atoms with Gasteiger partial charge in [0.05, 0.1) is 8.49 Å². The first kappa shape index (κ1) is 8.51. The molecule has 54 valence electrons. The lowest BCUT2D eigenvalue weighted by Crippen LogP contribution is -2.08. The van der Waals surface area contributed by atoms with E-state index in [-0.39, 0.29) is 5.69 Å². The van der Waals surface area contributed by atoms with E-state index in [0.29, 0.717) is 9.03 Å². The molecular weight excluding hydrogens is 256 g/mol. The Kier molecular flexibility index (Phi) is 2.48. The summed E-state index contributed by atoms with van der Waals surface area (Å²) in [6.45, 7) is 0. The van der Waals surface area contributed by atoms with Gasteiger partial charge in [-0.05, 0) is 22.6 Å². The van der Waals surface area contributed by atoms with Crippen molar-refractivity contribution in [2.75, 3.05) is 0 Å². The van der Waals surface area contributed by atoms with Crippen molar-refractivity contribution in [2.24, 2.45) is 0 Å². The van der Waals surface area contributed by atoms with Gasteiger partial charge in [-0.15, -0.1) is 0 Å². The van der Waals surface area contributed by atoms with Crippen molar-refractivity contribution in [3.63, 3.8) is 0 Å². The van der Waals surface area contributed by atoms with Crippen LogP contribution in [0.5, 0.6) is 0 Å². The molecule has 0 aliphatic rings. The van der Waals surface area contributed by atoms with Crippen LogP contribution < -0.4 is 5.46 Å². The first-order valence-electron chi connectivity index (χ1n) is 2.81. The van der Waals surface area contributed by atoms with Crippen LogP contribution in [0.2, 0.25) is 0 Å². The minimum Gasteiger partial charge on any atom is -0.258 e. The van der Waals surface area contributed by atoms with Gasteiger partial charge < -0.3 is 0 Å². The molecule has 0 atom stereocenters. The van der Waals surface area contributed by atoms with Crippen LogP contribution in [0.4, 0.5) is 5.69 Å². The number of nitro benzene ring substituents is 1. The summed E-state index contributed by atoms with van der Waals surface area (Å²) in [7, 11) is 5.45. The Labute approximate surface area is 78.5 Å². The molecule has 0 aliphatic carbocycles. The molecule has 0 heterocycles. The maximum Gasteiger partial charge on any atom is 0.282 e. The van der Waals surface area contributed by atoms with Crippen LogP contribution in [0.1, 0.15) is 0 Å². The zero-order valence-corrected chi connectivity index (χ0v) is 7.61. The van der Waals surface area contributed by atoms with Crippen molar-refractivity contribution in [1.29, 1.82) is 0 Å². The normalized spacial score (nSPS) is 9.55.